The second-order valence-corrected chi connectivity index (χ2v) is 5.55. The van der Waals surface area contributed by atoms with E-state index in [1.807, 2.05) is 35.2 Å². The normalized spacial score (nSPS) is 15.0. The van der Waals surface area contributed by atoms with E-state index in [9.17, 15) is 10.1 Å². The summed E-state index contributed by atoms with van der Waals surface area (Å²) in [7, 11) is 0. The van der Waals surface area contributed by atoms with Crippen LogP contribution >= 0.6 is 0 Å². The van der Waals surface area contributed by atoms with Crippen molar-refractivity contribution in [3.05, 3.63) is 65.7 Å². The van der Waals surface area contributed by atoms with Gasteiger partial charge in [0.25, 0.3) is 5.91 Å². The van der Waals surface area contributed by atoms with E-state index in [1.165, 1.54) is 0 Å². The Morgan fingerprint density at radius 2 is 1.70 bits per heavy atom. The quantitative estimate of drug-likeness (QED) is 0.871. The van der Waals surface area contributed by atoms with E-state index in [-0.39, 0.29) is 5.91 Å². The third kappa shape index (κ3) is 3.35. The Labute approximate surface area is 135 Å². The maximum atomic E-state index is 12.9. The molecule has 0 aliphatic carbocycles. The van der Waals surface area contributed by atoms with Gasteiger partial charge in [-0.05, 0) is 25.0 Å². The summed E-state index contributed by atoms with van der Waals surface area (Å²) >= 11 is 0. The van der Waals surface area contributed by atoms with Gasteiger partial charge in [-0.2, -0.15) is 5.26 Å². The van der Waals surface area contributed by atoms with Crippen molar-refractivity contribution in [3.63, 3.8) is 0 Å². The average Bonchev–Trinajstić information content (AvgIpc) is 3.15. The van der Waals surface area contributed by atoms with Gasteiger partial charge in [-0.1, -0.05) is 42.5 Å². The number of carbonyl (C=O) groups is 1. The van der Waals surface area contributed by atoms with Crippen LogP contribution in [0, 0.1) is 11.3 Å². The first kappa shape index (κ1) is 15.1. The molecule has 1 fully saturated rings. The minimum Gasteiger partial charge on any atom is -0.474 e. The van der Waals surface area contributed by atoms with Crippen LogP contribution in [0.3, 0.4) is 0 Å². The topological polar surface area (TPSA) is 53.3 Å². The molecular formula is C19H18N2O2. The van der Waals surface area contributed by atoms with Crippen LogP contribution < -0.4 is 4.74 Å². The summed E-state index contributed by atoms with van der Waals surface area (Å²) in [6, 6.07) is 18.6. The molecule has 1 amide bonds. The lowest BCUT2D eigenvalue weighted by molar-refractivity contribution is -0.138. The predicted octanol–water partition coefficient (Wildman–Crippen LogP) is 3.30. The molecule has 1 aliphatic heterocycles. The number of hydrogen-bond acceptors (Lipinski definition) is 3. The zero-order chi connectivity index (χ0) is 16.1. The van der Waals surface area contributed by atoms with Crippen molar-refractivity contribution < 1.29 is 9.53 Å². The van der Waals surface area contributed by atoms with Crippen molar-refractivity contribution in [2.24, 2.45) is 0 Å². The summed E-state index contributed by atoms with van der Waals surface area (Å²) < 4.78 is 5.98. The first-order valence-electron chi connectivity index (χ1n) is 7.79. The second kappa shape index (κ2) is 6.97. The Bertz CT molecular complexity index is 716. The van der Waals surface area contributed by atoms with Gasteiger partial charge >= 0.3 is 0 Å². The highest BCUT2D eigenvalue weighted by molar-refractivity contribution is 5.83. The average molecular weight is 306 g/mol. The SMILES string of the molecule is N#Cc1ccccc1O[C@@H](C(=O)N1CCCC1)c1ccccc1. The van der Waals surface area contributed by atoms with Gasteiger partial charge in [0.05, 0.1) is 5.56 Å². The Morgan fingerprint density at radius 1 is 1.04 bits per heavy atom. The summed E-state index contributed by atoms with van der Waals surface area (Å²) in [4.78, 5) is 14.7. The van der Waals surface area contributed by atoms with Gasteiger partial charge in [-0.25, -0.2) is 0 Å². The van der Waals surface area contributed by atoms with Gasteiger partial charge in [0.15, 0.2) is 0 Å². The van der Waals surface area contributed by atoms with E-state index in [4.69, 9.17) is 4.74 Å². The standard InChI is InChI=1S/C19H18N2O2/c20-14-16-10-4-5-11-17(16)23-18(15-8-2-1-3-9-15)19(22)21-12-6-7-13-21/h1-5,8-11,18H,6-7,12-13H2/t18-/m1/s1. The second-order valence-electron chi connectivity index (χ2n) is 5.55. The van der Waals surface area contributed by atoms with Crippen LogP contribution in [-0.2, 0) is 4.79 Å². The minimum atomic E-state index is -0.719. The molecule has 116 valence electrons. The fraction of sp³-hybridized carbons (Fsp3) is 0.263. The predicted molar refractivity (Wildman–Crippen MR) is 86.8 cm³/mol. The van der Waals surface area contributed by atoms with E-state index in [1.54, 1.807) is 24.3 Å². The van der Waals surface area contributed by atoms with Gasteiger partial charge < -0.3 is 9.64 Å². The fourth-order valence-electron chi connectivity index (χ4n) is 2.78. The molecule has 0 bridgehead atoms. The van der Waals surface area contributed by atoms with Crippen LogP contribution in [-0.4, -0.2) is 23.9 Å². The summed E-state index contributed by atoms with van der Waals surface area (Å²) in [5.41, 5.74) is 1.24. The number of carbonyl (C=O) groups excluding carboxylic acids is 1. The maximum Gasteiger partial charge on any atom is 0.268 e. The highest BCUT2D eigenvalue weighted by Crippen LogP contribution is 2.27. The molecule has 4 nitrogen and oxygen atoms in total. The largest absolute Gasteiger partial charge is 0.474 e. The molecule has 0 saturated carbocycles. The molecular weight excluding hydrogens is 288 g/mol. The van der Waals surface area contributed by atoms with Crippen LogP contribution in [0.2, 0.25) is 0 Å². The van der Waals surface area contributed by atoms with E-state index in [2.05, 4.69) is 6.07 Å². The lowest BCUT2D eigenvalue weighted by Gasteiger charge is -2.24. The van der Waals surface area contributed by atoms with Gasteiger partial charge in [0.1, 0.15) is 11.8 Å². The van der Waals surface area contributed by atoms with E-state index < -0.39 is 6.10 Å². The first-order chi connectivity index (χ1) is 11.3. The van der Waals surface area contributed by atoms with Gasteiger partial charge in [0.2, 0.25) is 6.10 Å². The zero-order valence-corrected chi connectivity index (χ0v) is 12.8. The molecule has 23 heavy (non-hydrogen) atoms. The number of amides is 1. The molecule has 0 radical (unpaired) electrons. The summed E-state index contributed by atoms with van der Waals surface area (Å²) in [5, 5.41) is 9.23. The lowest BCUT2D eigenvalue weighted by atomic mass is 10.1. The molecule has 1 heterocycles. The van der Waals surface area contributed by atoms with Crippen molar-refractivity contribution >= 4 is 5.91 Å². The molecule has 0 aromatic heterocycles. The van der Waals surface area contributed by atoms with E-state index in [0.717, 1.165) is 31.5 Å². The number of nitriles is 1. The molecule has 1 atom stereocenters. The van der Waals surface area contributed by atoms with Crippen LogP contribution in [0.1, 0.15) is 30.1 Å². The fourth-order valence-corrected chi connectivity index (χ4v) is 2.78. The summed E-state index contributed by atoms with van der Waals surface area (Å²) in [6.07, 6.45) is 1.34. The molecule has 0 N–H and O–H groups in total. The Hall–Kier alpha value is -2.80. The lowest BCUT2D eigenvalue weighted by Crippen LogP contribution is -2.35. The molecule has 1 aliphatic rings. The number of hydrogen-bond donors (Lipinski definition) is 0. The van der Waals surface area contributed by atoms with Gasteiger partial charge in [-0.15, -0.1) is 0 Å². The molecule has 4 heteroatoms. The van der Waals surface area contributed by atoms with Gasteiger partial charge in [0, 0.05) is 18.7 Å². The van der Waals surface area contributed by atoms with Crippen LogP contribution in [0.5, 0.6) is 5.75 Å². The Morgan fingerprint density at radius 3 is 2.39 bits per heavy atom. The minimum absolute atomic E-state index is 0.0403. The summed E-state index contributed by atoms with van der Waals surface area (Å²) in [6.45, 7) is 1.54. The first-order valence-corrected chi connectivity index (χ1v) is 7.79. The maximum absolute atomic E-state index is 12.9. The number of nitrogens with zero attached hydrogens (tertiary/aromatic N) is 2. The molecule has 2 aromatic carbocycles. The molecule has 1 saturated heterocycles. The molecule has 3 rings (SSSR count). The van der Waals surface area contributed by atoms with Crippen molar-refractivity contribution in [1.82, 2.24) is 4.90 Å². The number of rotatable bonds is 4. The number of benzene rings is 2. The van der Waals surface area contributed by atoms with Gasteiger partial charge in [-0.3, -0.25) is 4.79 Å². The van der Waals surface area contributed by atoms with Crippen LogP contribution in [0.25, 0.3) is 0 Å². The molecule has 0 spiro atoms. The van der Waals surface area contributed by atoms with Crippen LogP contribution in [0.15, 0.2) is 54.6 Å². The van der Waals surface area contributed by atoms with Crippen molar-refractivity contribution in [2.45, 2.75) is 18.9 Å². The van der Waals surface area contributed by atoms with Crippen LogP contribution in [0.4, 0.5) is 0 Å². The highest BCUT2D eigenvalue weighted by atomic mass is 16.5. The Kier molecular flexibility index (Phi) is 4.58. The van der Waals surface area contributed by atoms with Crippen molar-refractivity contribution in [3.8, 4) is 11.8 Å². The van der Waals surface area contributed by atoms with E-state index in [0.29, 0.717) is 11.3 Å². The van der Waals surface area contributed by atoms with Crippen molar-refractivity contribution in [1.29, 1.82) is 5.26 Å². The third-order valence-electron chi connectivity index (χ3n) is 4.00. The number of likely N-dealkylation sites (tertiary alicyclic amines) is 1. The number of ether oxygens (including phenoxy) is 1. The third-order valence-corrected chi connectivity index (χ3v) is 4.00. The Balaban J connectivity index is 1.92. The monoisotopic (exact) mass is 306 g/mol. The zero-order valence-electron chi connectivity index (χ0n) is 12.8. The number of para-hydroxylation sites is 1. The molecule has 2 aromatic rings. The smallest absolute Gasteiger partial charge is 0.268 e. The van der Waals surface area contributed by atoms with E-state index >= 15 is 0 Å². The highest BCUT2D eigenvalue weighted by Gasteiger charge is 2.29. The van der Waals surface area contributed by atoms with Crippen molar-refractivity contribution in [2.75, 3.05) is 13.1 Å². The molecule has 0 unspecified atom stereocenters. The summed E-state index contributed by atoms with van der Waals surface area (Å²) in [5.74, 6) is 0.401.